The van der Waals surface area contributed by atoms with Gasteiger partial charge in [-0.3, -0.25) is 10.4 Å². The van der Waals surface area contributed by atoms with Crippen molar-refractivity contribution in [2.24, 2.45) is 10.8 Å². The Balaban J connectivity index is 1.88. The number of aromatic nitrogens is 1. The third-order valence-electron chi connectivity index (χ3n) is 2.38. The summed E-state index contributed by atoms with van der Waals surface area (Å²) in [6.07, 6.45) is 3.17. The first-order chi connectivity index (χ1) is 9.74. The average molecular weight is 286 g/mol. The predicted molar refractivity (Wildman–Crippen MR) is 82.5 cm³/mol. The lowest BCUT2D eigenvalue weighted by atomic mass is 10.2. The third-order valence-corrected chi connectivity index (χ3v) is 2.47. The number of benzene rings is 1. The molecule has 5 nitrogen and oxygen atoms in total. The van der Waals surface area contributed by atoms with E-state index in [1.54, 1.807) is 12.3 Å². The number of hydrogen-bond acceptors (Lipinski definition) is 4. The molecule has 0 radical (unpaired) electrons. The summed E-state index contributed by atoms with van der Waals surface area (Å²) in [6, 6.07) is 13.6. The number of nitrogens with one attached hydrogen (secondary N) is 1. The van der Waals surface area contributed by atoms with Crippen molar-refractivity contribution in [2.75, 3.05) is 0 Å². The van der Waals surface area contributed by atoms with Gasteiger partial charge in [-0.2, -0.15) is 5.10 Å². The van der Waals surface area contributed by atoms with Crippen molar-refractivity contribution in [3.8, 4) is 5.75 Å². The van der Waals surface area contributed by atoms with Gasteiger partial charge in [0, 0.05) is 0 Å². The van der Waals surface area contributed by atoms with Crippen molar-refractivity contribution >= 4 is 23.5 Å². The number of pyridine rings is 1. The zero-order valence-corrected chi connectivity index (χ0v) is 11.5. The Morgan fingerprint density at radius 2 is 2.10 bits per heavy atom. The lowest BCUT2D eigenvalue weighted by molar-refractivity contribution is 0.305. The molecule has 0 amide bonds. The van der Waals surface area contributed by atoms with Crippen LogP contribution in [0.5, 0.6) is 5.75 Å². The molecule has 0 fully saturated rings. The molecule has 1 aromatic heterocycles. The van der Waals surface area contributed by atoms with Gasteiger partial charge in [-0.05, 0) is 29.9 Å². The molecule has 2 aromatic rings. The molecule has 3 N–H and O–H groups in total. The molecule has 0 atom stereocenters. The second-order valence-electron chi connectivity index (χ2n) is 3.93. The minimum atomic E-state index is 0.115. The standard InChI is InChI=1S/C14H14N4OS/c15-14(20)18-17-8-12-6-7-13(9-16-12)19-10-11-4-2-1-3-5-11/h1-9H,10H2,(H3,15,18,20). The second-order valence-corrected chi connectivity index (χ2v) is 4.37. The number of thiocarbonyl (C=S) groups is 1. The molecule has 2 rings (SSSR count). The number of ether oxygens (including phenoxy) is 1. The first-order valence-electron chi connectivity index (χ1n) is 5.95. The molecule has 0 unspecified atom stereocenters. The van der Waals surface area contributed by atoms with Gasteiger partial charge in [-0.15, -0.1) is 0 Å². The predicted octanol–water partition coefficient (Wildman–Crippen LogP) is 1.83. The van der Waals surface area contributed by atoms with Gasteiger partial charge >= 0.3 is 0 Å². The topological polar surface area (TPSA) is 72.5 Å². The van der Waals surface area contributed by atoms with Crippen molar-refractivity contribution in [2.45, 2.75) is 6.61 Å². The maximum atomic E-state index is 5.63. The fourth-order valence-electron chi connectivity index (χ4n) is 1.46. The number of hydrazone groups is 1. The zero-order chi connectivity index (χ0) is 14.2. The van der Waals surface area contributed by atoms with Gasteiger partial charge in [0.1, 0.15) is 12.4 Å². The molecule has 102 valence electrons. The van der Waals surface area contributed by atoms with Crippen LogP contribution in [-0.2, 0) is 6.61 Å². The van der Waals surface area contributed by atoms with E-state index in [2.05, 4.69) is 27.7 Å². The maximum Gasteiger partial charge on any atom is 0.184 e. The summed E-state index contributed by atoms with van der Waals surface area (Å²) >= 11 is 4.63. The summed E-state index contributed by atoms with van der Waals surface area (Å²) in [6.45, 7) is 0.513. The first-order valence-corrected chi connectivity index (χ1v) is 6.36. The van der Waals surface area contributed by atoms with Crippen LogP contribution in [0.1, 0.15) is 11.3 Å². The molecule has 6 heteroatoms. The van der Waals surface area contributed by atoms with Gasteiger partial charge in [0.25, 0.3) is 0 Å². The van der Waals surface area contributed by atoms with E-state index in [9.17, 15) is 0 Å². The maximum absolute atomic E-state index is 5.63. The zero-order valence-electron chi connectivity index (χ0n) is 10.7. The number of nitrogens with zero attached hydrogens (tertiary/aromatic N) is 2. The molecule has 0 saturated heterocycles. The largest absolute Gasteiger partial charge is 0.487 e. The van der Waals surface area contributed by atoms with Crippen LogP contribution in [0.25, 0.3) is 0 Å². The Hall–Kier alpha value is -2.47. The monoisotopic (exact) mass is 286 g/mol. The average Bonchev–Trinajstić information content (AvgIpc) is 2.47. The van der Waals surface area contributed by atoms with Crippen molar-refractivity contribution in [3.05, 3.63) is 59.9 Å². The van der Waals surface area contributed by atoms with Crippen molar-refractivity contribution in [1.29, 1.82) is 0 Å². The summed E-state index contributed by atoms with van der Waals surface area (Å²) in [4.78, 5) is 4.19. The minimum absolute atomic E-state index is 0.115. The molecule has 0 bridgehead atoms. The Bertz CT molecular complexity index is 584. The molecule has 0 aliphatic rings. The fraction of sp³-hybridized carbons (Fsp3) is 0.0714. The molecule has 0 aliphatic carbocycles. The Labute approximate surface area is 122 Å². The smallest absolute Gasteiger partial charge is 0.184 e. The number of rotatable bonds is 5. The SMILES string of the molecule is NC(=S)NN=Cc1ccc(OCc2ccccc2)cn1. The van der Waals surface area contributed by atoms with E-state index in [0.717, 1.165) is 5.56 Å². The minimum Gasteiger partial charge on any atom is -0.487 e. The van der Waals surface area contributed by atoms with Crippen molar-refractivity contribution in [1.82, 2.24) is 10.4 Å². The van der Waals surface area contributed by atoms with Gasteiger partial charge in [0.2, 0.25) is 0 Å². The molecular weight excluding hydrogens is 272 g/mol. The van der Waals surface area contributed by atoms with E-state index in [1.165, 1.54) is 6.21 Å². The fourth-order valence-corrected chi connectivity index (χ4v) is 1.51. The van der Waals surface area contributed by atoms with E-state index in [0.29, 0.717) is 18.1 Å². The molecule has 0 spiro atoms. The quantitative estimate of drug-likeness (QED) is 0.498. The molecule has 1 heterocycles. The van der Waals surface area contributed by atoms with E-state index in [-0.39, 0.29) is 5.11 Å². The highest BCUT2D eigenvalue weighted by Crippen LogP contribution is 2.11. The highest BCUT2D eigenvalue weighted by atomic mass is 32.1. The Morgan fingerprint density at radius 3 is 2.75 bits per heavy atom. The molecule has 20 heavy (non-hydrogen) atoms. The summed E-state index contributed by atoms with van der Waals surface area (Å²) in [7, 11) is 0. The van der Waals surface area contributed by atoms with E-state index in [4.69, 9.17) is 10.5 Å². The Kier molecular flexibility index (Phi) is 5.02. The highest BCUT2D eigenvalue weighted by Gasteiger charge is 1.96. The lowest BCUT2D eigenvalue weighted by Crippen LogP contribution is -2.24. The van der Waals surface area contributed by atoms with Crippen LogP contribution < -0.4 is 15.9 Å². The molecular formula is C14H14N4OS. The highest BCUT2D eigenvalue weighted by molar-refractivity contribution is 7.80. The van der Waals surface area contributed by atoms with Crippen LogP contribution in [0.3, 0.4) is 0 Å². The second kappa shape index (κ2) is 7.20. The van der Waals surface area contributed by atoms with E-state index >= 15 is 0 Å². The van der Waals surface area contributed by atoms with Crippen LogP contribution in [0.2, 0.25) is 0 Å². The van der Waals surface area contributed by atoms with Crippen molar-refractivity contribution < 1.29 is 4.74 Å². The van der Waals surface area contributed by atoms with Gasteiger partial charge < -0.3 is 10.5 Å². The third kappa shape index (κ3) is 4.66. The van der Waals surface area contributed by atoms with Gasteiger partial charge in [0.05, 0.1) is 18.1 Å². The number of nitrogens with two attached hydrogens (primary N) is 1. The normalized spacial score (nSPS) is 10.4. The van der Waals surface area contributed by atoms with Crippen LogP contribution in [0, 0.1) is 0 Å². The van der Waals surface area contributed by atoms with E-state index in [1.807, 2.05) is 36.4 Å². The van der Waals surface area contributed by atoms with Crippen LogP contribution in [0.15, 0.2) is 53.8 Å². The van der Waals surface area contributed by atoms with Crippen LogP contribution in [0.4, 0.5) is 0 Å². The molecule has 0 saturated carbocycles. The van der Waals surface area contributed by atoms with Crippen LogP contribution >= 0.6 is 12.2 Å². The van der Waals surface area contributed by atoms with Gasteiger partial charge in [0.15, 0.2) is 5.11 Å². The number of hydrogen-bond donors (Lipinski definition) is 2. The summed E-state index contributed by atoms with van der Waals surface area (Å²) in [5.74, 6) is 0.702. The van der Waals surface area contributed by atoms with Gasteiger partial charge in [-0.25, -0.2) is 0 Å². The molecule has 0 aliphatic heterocycles. The first kappa shape index (κ1) is 14.0. The molecule has 1 aromatic carbocycles. The lowest BCUT2D eigenvalue weighted by Gasteiger charge is -2.05. The van der Waals surface area contributed by atoms with Crippen LogP contribution in [-0.4, -0.2) is 16.3 Å². The summed E-state index contributed by atoms with van der Waals surface area (Å²) in [5, 5.41) is 3.93. The summed E-state index contributed by atoms with van der Waals surface area (Å²) < 4.78 is 5.63. The Morgan fingerprint density at radius 1 is 1.30 bits per heavy atom. The summed E-state index contributed by atoms with van der Waals surface area (Å²) in [5.41, 5.74) is 9.50. The van der Waals surface area contributed by atoms with Crippen molar-refractivity contribution in [3.63, 3.8) is 0 Å². The van der Waals surface area contributed by atoms with Gasteiger partial charge in [-0.1, -0.05) is 30.3 Å². The van der Waals surface area contributed by atoms with E-state index < -0.39 is 0 Å².